The lowest BCUT2D eigenvalue weighted by Crippen LogP contribution is -2.29. The second-order valence-electron chi connectivity index (χ2n) is 3.37. The Labute approximate surface area is 110 Å². The molecular weight excluding hydrogens is 276 g/mol. The van der Waals surface area contributed by atoms with Crippen LogP contribution in [0, 0.1) is 11.6 Å². The zero-order chi connectivity index (χ0) is 13.8. The molecule has 0 fully saturated rings. The first kappa shape index (κ1) is 13.1. The Morgan fingerprint density at radius 1 is 1.16 bits per heavy atom. The summed E-state index contributed by atoms with van der Waals surface area (Å²) >= 11 is 1.13. The molecule has 2 rings (SSSR count). The molecule has 0 aliphatic rings. The van der Waals surface area contributed by atoms with Crippen LogP contribution in [0.3, 0.4) is 0 Å². The van der Waals surface area contributed by atoms with Crippen LogP contribution in [-0.4, -0.2) is 16.8 Å². The number of nitrogens with zero attached hydrogens (tertiary/aromatic N) is 1. The number of carbonyl (C=O) groups excluding carboxylic acids is 2. The SMILES string of the molecule is O=C(Nc1nccs1)C(=O)Nc1ccc(F)cc1F. The number of carbonyl (C=O) groups is 2. The third-order valence-corrected chi connectivity index (χ3v) is 2.73. The van der Waals surface area contributed by atoms with Crippen LogP contribution in [0.4, 0.5) is 19.6 Å². The van der Waals surface area contributed by atoms with Crippen LogP contribution in [0.15, 0.2) is 29.8 Å². The average Bonchev–Trinajstić information content (AvgIpc) is 2.85. The highest BCUT2D eigenvalue weighted by Crippen LogP contribution is 2.15. The monoisotopic (exact) mass is 283 g/mol. The molecule has 8 heteroatoms. The Morgan fingerprint density at radius 2 is 1.89 bits per heavy atom. The smallest absolute Gasteiger partial charge is 0.315 e. The van der Waals surface area contributed by atoms with E-state index in [1.807, 2.05) is 5.32 Å². The van der Waals surface area contributed by atoms with Crippen molar-refractivity contribution < 1.29 is 18.4 Å². The zero-order valence-electron chi connectivity index (χ0n) is 9.31. The molecule has 0 saturated heterocycles. The largest absolute Gasteiger partial charge is 0.315 e. The summed E-state index contributed by atoms with van der Waals surface area (Å²) in [5.74, 6) is -3.79. The molecule has 0 aliphatic heterocycles. The lowest BCUT2D eigenvalue weighted by Gasteiger charge is -2.05. The van der Waals surface area contributed by atoms with E-state index >= 15 is 0 Å². The van der Waals surface area contributed by atoms with Crippen molar-refractivity contribution in [3.8, 4) is 0 Å². The van der Waals surface area contributed by atoms with Crippen molar-refractivity contribution in [3.63, 3.8) is 0 Å². The van der Waals surface area contributed by atoms with Crippen LogP contribution in [0.2, 0.25) is 0 Å². The summed E-state index contributed by atoms with van der Waals surface area (Å²) in [7, 11) is 0. The number of thiazole rings is 1. The molecule has 1 aromatic heterocycles. The standard InChI is InChI=1S/C11H7F2N3O2S/c12-6-1-2-8(7(13)5-6)15-9(17)10(18)16-11-14-3-4-19-11/h1-5H,(H,15,17)(H,14,16,18). The molecule has 98 valence electrons. The van der Waals surface area contributed by atoms with Gasteiger partial charge >= 0.3 is 11.8 Å². The maximum absolute atomic E-state index is 13.3. The number of benzene rings is 1. The predicted molar refractivity (Wildman–Crippen MR) is 65.7 cm³/mol. The van der Waals surface area contributed by atoms with Crippen molar-refractivity contribution in [3.05, 3.63) is 41.4 Å². The maximum Gasteiger partial charge on any atom is 0.315 e. The summed E-state index contributed by atoms with van der Waals surface area (Å²) in [4.78, 5) is 26.7. The molecule has 0 aliphatic carbocycles. The Morgan fingerprint density at radius 3 is 2.53 bits per heavy atom. The van der Waals surface area contributed by atoms with Crippen LogP contribution in [0.5, 0.6) is 0 Å². The van der Waals surface area contributed by atoms with E-state index in [4.69, 9.17) is 0 Å². The maximum atomic E-state index is 13.3. The lowest BCUT2D eigenvalue weighted by atomic mass is 10.3. The van der Waals surface area contributed by atoms with Crippen molar-refractivity contribution in [2.45, 2.75) is 0 Å². The quantitative estimate of drug-likeness (QED) is 0.828. The van der Waals surface area contributed by atoms with Crippen molar-refractivity contribution in [1.29, 1.82) is 0 Å². The first-order chi connectivity index (χ1) is 9.06. The predicted octanol–water partition coefficient (Wildman–Crippen LogP) is 2.00. The van der Waals surface area contributed by atoms with E-state index < -0.39 is 23.4 Å². The Kier molecular flexibility index (Phi) is 3.81. The van der Waals surface area contributed by atoms with Gasteiger partial charge in [0.15, 0.2) is 5.13 Å². The van der Waals surface area contributed by atoms with Crippen LogP contribution in [-0.2, 0) is 9.59 Å². The van der Waals surface area contributed by atoms with Gasteiger partial charge in [-0.2, -0.15) is 0 Å². The minimum absolute atomic E-state index is 0.250. The number of hydrogen-bond acceptors (Lipinski definition) is 4. The van der Waals surface area contributed by atoms with Crippen LogP contribution >= 0.6 is 11.3 Å². The Balaban J connectivity index is 2.02. The summed E-state index contributed by atoms with van der Waals surface area (Å²) in [6.45, 7) is 0. The van der Waals surface area contributed by atoms with Crippen LogP contribution in [0.1, 0.15) is 0 Å². The number of halogens is 2. The molecule has 2 N–H and O–H groups in total. The van der Waals surface area contributed by atoms with Gasteiger partial charge in [-0.1, -0.05) is 0 Å². The van der Waals surface area contributed by atoms with Gasteiger partial charge in [-0.3, -0.25) is 14.9 Å². The summed E-state index contributed by atoms with van der Waals surface area (Å²) < 4.78 is 25.9. The number of amides is 2. The van der Waals surface area contributed by atoms with Gasteiger partial charge in [0.2, 0.25) is 0 Å². The highest BCUT2D eigenvalue weighted by atomic mass is 32.1. The molecule has 2 aromatic rings. The van der Waals surface area contributed by atoms with Gasteiger partial charge in [-0.05, 0) is 12.1 Å². The Hall–Kier alpha value is -2.35. The molecule has 1 heterocycles. The van der Waals surface area contributed by atoms with Gasteiger partial charge in [0.25, 0.3) is 0 Å². The molecule has 0 saturated carbocycles. The van der Waals surface area contributed by atoms with Crippen molar-refractivity contribution >= 4 is 34.0 Å². The fraction of sp³-hybridized carbons (Fsp3) is 0. The van der Waals surface area contributed by atoms with E-state index in [9.17, 15) is 18.4 Å². The molecule has 0 bridgehead atoms. The van der Waals surface area contributed by atoms with Gasteiger partial charge in [0.1, 0.15) is 11.6 Å². The van der Waals surface area contributed by atoms with E-state index in [2.05, 4.69) is 10.3 Å². The second-order valence-corrected chi connectivity index (χ2v) is 4.26. The molecule has 0 radical (unpaired) electrons. The first-order valence-corrected chi connectivity index (χ1v) is 5.91. The molecule has 0 spiro atoms. The Bertz CT molecular complexity index is 616. The molecule has 0 unspecified atom stereocenters. The van der Waals surface area contributed by atoms with Gasteiger partial charge < -0.3 is 5.32 Å². The normalized spacial score (nSPS) is 10.0. The topological polar surface area (TPSA) is 71.1 Å². The third kappa shape index (κ3) is 3.32. The minimum Gasteiger partial charge on any atom is -0.315 e. The first-order valence-electron chi connectivity index (χ1n) is 5.03. The number of hydrogen-bond donors (Lipinski definition) is 2. The molecule has 0 atom stereocenters. The lowest BCUT2D eigenvalue weighted by molar-refractivity contribution is -0.133. The summed E-state index contributed by atoms with van der Waals surface area (Å²) in [5, 5.41) is 6.13. The highest BCUT2D eigenvalue weighted by molar-refractivity contribution is 7.13. The zero-order valence-corrected chi connectivity index (χ0v) is 10.1. The van der Waals surface area contributed by atoms with E-state index in [0.29, 0.717) is 6.07 Å². The van der Waals surface area contributed by atoms with Crippen molar-refractivity contribution in [2.75, 3.05) is 10.6 Å². The summed E-state index contributed by atoms with van der Waals surface area (Å²) in [6.07, 6.45) is 1.46. The molecule has 19 heavy (non-hydrogen) atoms. The number of nitrogens with one attached hydrogen (secondary N) is 2. The average molecular weight is 283 g/mol. The van der Waals surface area contributed by atoms with Crippen molar-refractivity contribution in [2.24, 2.45) is 0 Å². The fourth-order valence-corrected chi connectivity index (χ4v) is 1.73. The molecular formula is C11H7F2N3O2S. The van der Waals surface area contributed by atoms with Gasteiger partial charge in [-0.15, -0.1) is 11.3 Å². The van der Waals surface area contributed by atoms with Gasteiger partial charge in [-0.25, -0.2) is 13.8 Å². The van der Waals surface area contributed by atoms with E-state index in [1.54, 1.807) is 5.38 Å². The second kappa shape index (κ2) is 5.53. The third-order valence-electron chi connectivity index (χ3n) is 2.04. The van der Waals surface area contributed by atoms with E-state index in [0.717, 1.165) is 23.5 Å². The summed E-state index contributed by atoms with van der Waals surface area (Å²) in [5.41, 5.74) is -0.277. The number of rotatable bonds is 2. The fourth-order valence-electron chi connectivity index (χ4n) is 1.21. The molecule has 5 nitrogen and oxygen atoms in total. The highest BCUT2D eigenvalue weighted by Gasteiger charge is 2.16. The minimum atomic E-state index is -1.07. The molecule has 2 amide bonds. The van der Waals surface area contributed by atoms with Crippen LogP contribution in [0.25, 0.3) is 0 Å². The van der Waals surface area contributed by atoms with E-state index in [-0.39, 0.29) is 10.8 Å². The summed E-state index contributed by atoms with van der Waals surface area (Å²) in [6, 6.07) is 2.60. The molecule has 1 aromatic carbocycles. The van der Waals surface area contributed by atoms with Crippen molar-refractivity contribution in [1.82, 2.24) is 4.98 Å². The van der Waals surface area contributed by atoms with Crippen LogP contribution < -0.4 is 10.6 Å². The number of aromatic nitrogens is 1. The van der Waals surface area contributed by atoms with Gasteiger partial charge in [0, 0.05) is 17.6 Å². The van der Waals surface area contributed by atoms with Gasteiger partial charge in [0.05, 0.1) is 5.69 Å². The number of anilines is 2. The van der Waals surface area contributed by atoms with E-state index in [1.165, 1.54) is 6.20 Å².